The number of aliphatic hydroxyl groups is 2. The Hall–Kier alpha value is -6.10. The molecular formula is C75H120F4N2O16. The molecule has 0 bridgehead atoms. The minimum atomic E-state index is -2.65. The number of nitrogens with one attached hydrogen (secondary N) is 2. The van der Waals surface area contributed by atoms with E-state index in [1.807, 2.05) is 0 Å². The molecule has 2 aromatic carbocycles. The summed E-state index contributed by atoms with van der Waals surface area (Å²) in [5.41, 5.74) is -3.36. The number of esters is 3. The zero-order chi connectivity index (χ0) is 72.4. The fraction of sp³-hybridized carbons (Fsp3) is 0.707. The van der Waals surface area contributed by atoms with Crippen molar-refractivity contribution in [2.75, 3.05) is 62.0 Å². The molecule has 5 N–H and O–H groups in total. The van der Waals surface area contributed by atoms with Gasteiger partial charge in [0.05, 0.1) is 46.4 Å². The summed E-state index contributed by atoms with van der Waals surface area (Å²) >= 11 is 0. The quantitative estimate of drug-likeness (QED) is 0.0136. The van der Waals surface area contributed by atoms with Crippen LogP contribution in [-0.4, -0.2) is 148 Å². The van der Waals surface area contributed by atoms with Crippen molar-refractivity contribution in [1.29, 1.82) is 0 Å². The second-order valence-electron chi connectivity index (χ2n) is 25.2. The topological polar surface area (TPSA) is 252 Å². The van der Waals surface area contributed by atoms with E-state index in [0.717, 1.165) is 89.7 Å². The first kappa shape index (κ1) is 88.9. The van der Waals surface area contributed by atoms with Gasteiger partial charge in [0, 0.05) is 78.8 Å². The van der Waals surface area contributed by atoms with E-state index < -0.39 is 82.7 Å². The summed E-state index contributed by atoms with van der Waals surface area (Å²) in [5.74, 6) is -12.6. The van der Waals surface area contributed by atoms with Gasteiger partial charge in [0.1, 0.15) is 23.6 Å². The molecule has 0 radical (unpaired) electrons. The van der Waals surface area contributed by atoms with Crippen molar-refractivity contribution in [2.24, 2.45) is 11.8 Å². The minimum Gasteiger partial charge on any atom is -0.494 e. The zero-order valence-electron chi connectivity index (χ0n) is 59.9. The Balaban J connectivity index is 0.000000970. The number of hydrogen-bond donors (Lipinski definition) is 5. The van der Waals surface area contributed by atoms with Crippen molar-refractivity contribution in [3.8, 4) is 11.5 Å². The summed E-state index contributed by atoms with van der Waals surface area (Å²) in [4.78, 5) is 77.9. The third-order valence-corrected chi connectivity index (χ3v) is 17.0. The smallest absolute Gasteiger partial charge is 0.339 e. The molecule has 0 heterocycles. The Labute approximate surface area is 576 Å². The van der Waals surface area contributed by atoms with Gasteiger partial charge >= 0.3 is 23.9 Å². The van der Waals surface area contributed by atoms with Crippen LogP contribution < -0.4 is 20.1 Å². The lowest BCUT2D eigenvalue weighted by atomic mass is 9.83. The average Bonchev–Trinajstić information content (AvgIpc) is 0.836. The molecule has 0 aliphatic rings. The van der Waals surface area contributed by atoms with Crippen LogP contribution in [0.4, 0.5) is 17.6 Å². The largest absolute Gasteiger partial charge is 0.494 e. The first-order chi connectivity index (χ1) is 46.4. The lowest BCUT2D eigenvalue weighted by Gasteiger charge is -2.32. The second kappa shape index (κ2) is 52.0. The van der Waals surface area contributed by atoms with Crippen molar-refractivity contribution in [2.45, 2.75) is 268 Å². The van der Waals surface area contributed by atoms with Crippen molar-refractivity contribution >= 4 is 35.7 Å². The van der Waals surface area contributed by atoms with Crippen molar-refractivity contribution in [1.82, 2.24) is 10.6 Å². The highest BCUT2D eigenvalue weighted by Crippen LogP contribution is 2.32. The lowest BCUT2D eigenvalue weighted by molar-refractivity contribution is -0.172. The maximum atomic E-state index is 14.2. The lowest BCUT2D eigenvalue weighted by Crippen LogP contribution is -2.55. The van der Waals surface area contributed by atoms with Gasteiger partial charge in [-0.25, -0.2) is 36.7 Å². The van der Waals surface area contributed by atoms with Gasteiger partial charge in [0.25, 0.3) is 0 Å². The van der Waals surface area contributed by atoms with E-state index in [9.17, 15) is 61.6 Å². The fourth-order valence-corrected chi connectivity index (χ4v) is 10.9. The van der Waals surface area contributed by atoms with Gasteiger partial charge in [0.2, 0.25) is 23.7 Å². The van der Waals surface area contributed by atoms with E-state index in [1.54, 1.807) is 60.7 Å². The Morgan fingerprint density at radius 1 is 0.433 bits per heavy atom. The van der Waals surface area contributed by atoms with Gasteiger partial charge < -0.3 is 59.1 Å². The van der Waals surface area contributed by atoms with Gasteiger partial charge in [0.15, 0.2) is 11.2 Å². The highest BCUT2D eigenvalue weighted by atomic mass is 19.3. The van der Waals surface area contributed by atoms with Crippen LogP contribution in [0.5, 0.6) is 11.5 Å². The Bertz CT molecular complexity index is 2520. The molecule has 2 rings (SSSR count). The highest BCUT2D eigenvalue weighted by molar-refractivity contribution is 5.94. The molecule has 2 amide bonds. The summed E-state index contributed by atoms with van der Waals surface area (Å²) in [5, 5.41) is 38.0. The number of rotatable bonds is 56. The summed E-state index contributed by atoms with van der Waals surface area (Å²) in [7, 11) is 6.26. The first-order valence-electron chi connectivity index (χ1n) is 35.4. The molecule has 97 heavy (non-hydrogen) atoms. The number of methoxy groups -OCH3 is 5. The molecule has 0 saturated heterocycles. The number of allylic oxidation sites excluding steroid dienone is 2. The van der Waals surface area contributed by atoms with Crippen molar-refractivity contribution in [3.63, 3.8) is 0 Å². The first-order valence-corrected chi connectivity index (χ1v) is 35.4. The summed E-state index contributed by atoms with van der Waals surface area (Å²) < 4.78 is 93.0. The Kier molecular flexibility index (Phi) is 47.7. The molecular weight excluding hydrogens is 1260 g/mol. The third-order valence-electron chi connectivity index (χ3n) is 17.0. The number of unbranched alkanes of at least 4 members (excludes halogenated alkanes) is 18. The normalized spacial score (nSPS) is 14.3. The average molecular weight is 1380 g/mol. The number of ether oxygens (including phenoxy) is 7. The Morgan fingerprint density at radius 3 is 1.08 bits per heavy atom. The van der Waals surface area contributed by atoms with E-state index in [2.05, 4.69) is 38.3 Å². The van der Waals surface area contributed by atoms with Gasteiger partial charge in [-0.2, -0.15) is 0 Å². The molecule has 0 aliphatic carbocycles. The second-order valence-corrected chi connectivity index (χ2v) is 25.2. The van der Waals surface area contributed by atoms with Crippen LogP contribution in [0.25, 0.3) is 0 Å². The molecule has 0 unspecified atom stereocenters. The van der Waals surface area contributed by atoms with E-state index in [-0.39, 0.29) is 64.6 Å². The van der Waals surface area contributed by atoms with Gasteiger partial charge in [-0.3, -0.25) is 9.59 Å². The van der Waals surface area contributed by atoms with Crippen LogP contribution in [0.1, 0.15) is 231 Å². The summed E-state index contributed by atoms with van der Waals surface area (Å²) in [6.07, 6.45) is 23.9. The van der Waals surface area contributed by atoms with Gasteiger partial charge in [-0.15, -0.1) is 0 Å². The predicted molar refractivity (Wildman–Crippen MR) is 369 cm³/mol. The molecule has 0 aliphatic heterocycles. The zero-order valence-corrected chi connectivity index (χ0v) is 59.9. The minimum absolute atomic E-state index is 0.0420. The Morgan fingerprint density at radius 2 is 0.763 bits per heavy atom. The van der Waals surface area contributed by atoms with Crippen LogP contribution in [0.2, 0.25) is 0 Å². The standard InChI is InChI=1S/C38H61F2NO8.C37H59F2NO8/c1-6-8-10-14-17-24-37(39,40)25-18-15-12-11-13-16-19-32(38(45,26-28-46-3)36(44)48-5)34(42)41-33(35(43)47-4)29-30-20-22-31(23-21-30)49-27-9-7-2;1-5-7-9-13-16-23-36(38,39)24-17-14-11-10-12-15-18-31(37(45,35(43)44)25-27-46-3)33(41)40-32(34(42)47-4)28-29-19-21-30(22-20-29)48-26-8-6-2/h16,19-23,32-33,45H,6-15,17-18,24-29H2,1-5H3,(H,41,42);15,18-22,31-32,45H,5-14,16-17,23-28H2,1-4H3,(H,40,41)(H,43,44)/b19-16+;18-15+/t32-,33+,38+;31-,32+,37+/m11/s1. The summed E-state index contributed by atoms with van der Waals surface area (Å²) in [6.45, 7) is 9.34. The molecule has 0 spiro atoms. The number of carbonyl (C=O) groups is 6. The molecule has 0 aromatic heterocycles. The number of amides is 2. The van der Waals surface area contributed by atoms with Crippen LogP contribution in [0.15, 0.2) is 72.8 Å². The van der Waals surface area contributed by atoms with Crippen LogP contribution in [0.3, 0.4) is 0 Å². The number of carbonyl (C=O) groups excluding carboxylic acids is 5. The van der Waals surface area contributed by atoms with Gasteiger partial charge in [-0.05, 0) is 99.6 Å². The SMILES string of the molecule is CCCCCCCC(F)(F)CCCCCC/C=C/[C@H](C(=O)N[C@@H](Cc1ccc(OCCCC)cc1)C(=O)OC)[C@@](O)(CCOC)C(=O)O.CCCCCCCC(F)(F)CCCCCC/C=C/[C@H](C(=O)N[C@@H](Cc1ccc(OCCCC)cc1)C(=O)OC)[C@@](O)(CCOC)C(=O)OC. The van der Waals surface area contributed by atoms with Gasteiger partial charge in [-0.1, -0.05) is 166 Å². The molecule has 18 nitrogen and oxygen atoms in total. The van der Waals surface area contributed by atoms with E-state index in [0.29, 0.717) is 107 Å². The molecule has 554 valence electrons. The maximum absolute atomic E-state index is 14.2. The van der Waals surface area contributed by atoms with Crippen molar-refractivity contribution < 1.29 is 94.8 Å². The molecule has 2 aromatic rings. The predicted octanol–water partition coefficient (Wildman–Crippen LogP) is 14.9. The van der Waals surface area contributed by atoms with E-state index >= 15 is 0 Å². The number of benzene rings is 2. The van der Waals surface area contributed by atoms with Crippen LogP contribution in [-0.2, 0) is 65.3 Å². The van der Waals surface area contributed by atoms with Crippen LogP contribution in [0, 0.1) is 11.8 Å². The number of halogens is 4. The molecule has 6 atom stereocenters. The fourth-order valence-electron chi connectivity index (χ4n) is 10.9. The number of aliphatic carboxylic acids is 1. The third kappa shape index (κ3) is 37.6. The van der Waals surface area contributed by atoms with E-state index in [4.69, 9.17) is 33.2 Å². The number of alkyl halides is 4. The highest BCUT2D eigenvalue weighted by Gasteiger charge is 2.49. The molecule has 0 fully saturated rings. The maximum Gasteiger partial charge on any atom is 0.339 e. The molecule has 0 saturated carbocycles. The number of carboxylic acid groups (broad SMARTS) is 1. The van der Waals surface area contributed by atoms with Crippen LogP contribution >= 0.6 is 0 Å². The number of carboxylic acids is 1. The molecule has 22 heteroatoms. The monoisotopic (exact) mass is 1380 g/mol. The summed E-state index contributed by atoms with van der Waals surface area (Å²) in [6, 6.07) is 12.0. The number of hydrogen-bond acceptors (Lipinski definition) is 15. The van der Waals surface area contributed by atoms with Crippen molar-refractivity contribution in [3.05, 3.63) is 84.0 Å². The van der Waals surface area contributed by atoms with E-state index in [1.165, 1.54) is 40.6 Å².